The van der Waals surface area contributed by atoms with Crippen LogP contribution in [0.2, 0.25) is 0 Å². The van der Waals surface area contributed by atoms with Crippen molar-refractivity contribution in [3.8, 4) is 11.3 Å². The van der Waals surface area contributed by atoms with Crippen molar-refractivity contribution in [2.45, 2.75) is 0 Å². The molecule has 5 rings (SSSR count). The van der Waals surface area contributed by atoms with Gasteiger partial charge in [-0.1, -0.05) is 36.4 Å². The minimum Gasteiger partial charge on any atom is -0.256 e. The molecular formula is C21H13N3. The molecule has 0 atom stereocenters. The van der Waals surface area contributed by atoms with Crippen LogP contribution in [0.25, 0.3) is 44.0 Å². The zero-order valence-corrected chi connectivity index (χ0v) is 12.8. The van der Waals surface area contributed by atoms with Gasteiger partial charge in [0.1, 0.15) is 0 Å². The van der Waals surface area contributed by atoms with Crippen molar-refractivity contribution >= 4 is 32.7 Å². The fourth-order valence-corrected chi connectivity index (χ4v) is 3.11. The second-order valence-corrected chi connectivity index (χ2v) is 5.82. The van der Waals surface area contributed by atoms with E-state index in [1.807, 2.05) is 30.5 Å². The first-order valence-electron chi connectivity index (χ1n) is 7.88. The second-order valence-electron chi connectivity index (χ2n) is 5.82. The minimum atomic E-state index is 0.879. The lowest BCUT2D eigenvalue weighted by Gasteiger charge is -2.06. The summed E-state index contributed by atoms with van der Waals surface area (Å²) in [5.41, 5.74) is 4.68. The van der Waals surface area contributed by atoms with E-state index in [0.717, 1.165) is 33.2 Å². The van der Waals surface area contributed by atoms with Crippen LogP contribution in [-0.2, 0) is 0 Å². The van der Waals surface area contributed by atoms with E-state index in [1.165, 1.54) is 10.8 Å². The molecule has 0 aliphatic heterocycles. The highest BCUT2D eigenvalue weighted by molar-refractivity contribution is 6.02. The Morgan fingerprint density at radius 1 is 0.667 bits per heavy atom. The van der Waals surface area contributed by atoms with E-state index in [1.54, 1.807) is 6.20 Å². The zero-order chi connectivity index (χ0) is 15.9. The molecule has 0 unspecified atom stereocenters. The quantitative estimate of drug-likeness (QED) is 0.409. The topological polar surface area (TPSA) is 38.7 Å². The Labute approximate surface area is 138 Å². The van der Waals surface area contributed by atoms with Gasteiger partial charge in [-0.3, -0.25) is 9.97 Å². The number of rotatable bonds is 1. The van der Waals surface area contributed by atoms with E-state index in [0.29, 0.717) is 0 Å². The van der Waals surface area contributed by atoms with Gasteiger partial charge in [-0.2, -0.15) is 0 Å². The third-order valence-corrected chi connectivity index (χ3v) is 4.34. The Balaban J connectivity index is 1.77. The first-order chi connectivity index (χ1) is 11.9. The van der Waals surface area contributed by atoms with Crippen molar-refractivity contribution in [3.05, 3.63) is 79.1 Å². The Bertz CT molecular complexity index is 1210. The fraction of sp³-hybridized carbons (Fsp3) is 0. The van der Waals surface area contributed by atoms with Crippen LogP contribution in [-0.4, -0.2) is 15.0 Å². The predicted octanol–water partition coefficient (Wildman–Crippen LogP) is 5.00. The molecule has 3 aromatic carbocycles. The number of hydrogen-bond donors (Lipinski definition) is 0. The molecule has 112 valence electrons. The second kappa shape index (κ2) is 5.10. The van der Waals surface area contributed by atoms with Crippen LogP contribution in [0, 0.1) is 0 Å². The normalized spacial score (nSPS) is 11.3. The van der Waals surface area contributed by atoms with E-state index < -0.39 is 0 Å². The molecule has 2 aromatic heterocycles. The molecule has 0 aliphatic carbocycles. The van der Waals surface area contributed by atoms with Gasteiger partial charge < -0.3 is 0 Å². The Morgan fingerprint density at radius 2 is 1.54 bits per heavy atom. The standard InChI is InChI=1S/C21H13N3/c1-2-5-15-12-16(8-7-14(15)4-1)20-13-23-19-10-9-18-17(21(19)24-20)6-3-11-22-18/h1-13H. The summed E-state index contributed by atoms with van der Waals surface area (Å²) in [6.07, 6.45) is 3.64. The van der Waals surface area contributed by atoms with Gasteiger partial charge >= 0.3 is 0 Å². The van der Waals surface area contributed by atoms with Gasteiger partial charge in [0, 0.05) is 17.1 Å². The van der Waals surface area contributed by atoms with Gasteiger partial charge in [0.2, 0.25) is 0 Å². The van der Waals surface area contributed by atoms with Crippen molar-refractivity contribution in [3.63, 3.8) is 0 Å². The third kappa shape index (κ3) is 2.02. The average molecular weight is 307 g/mol. The van der Waals surface area contributed by atoms with Gasteiger partial charge in [-0.25, -0.2) is 4.98 Å². The molecule has 2 heterocycles. The maximum Gasteiger partial charge on any atom is 0.0988 e. The maximum atomic E-state index is 4.88. The molecule has 0 amide bonds. The molecule has 0 radical (unpaired) electrons. The fourth-order valence-electron chi connectivity index (χ4n) is 3.11. The van der Waals surface area contributed by atoms with Crippen molar-refractivity contribution < 1.29 is 0 Å². The lowest BCUT2D eigenvalue weighted by atomic mass is 10.1. The molecule has 3 heteroatoms. The van der Waals surface area contributed by atoms with E-state index in [2.05, 4.69) is 52.4 Å². The number of pyridine rings is 1. The number of aromatic nitrogens is 3. The molecule has 0 saturated carbocycles. The molecule has 24 heavy (non-hydrogen) atoms. The van der Waals surface area contributed by atoms with Crippen molar-refractivity contribution in [1.82, 2.24) is 15.0 Å². The number of nitrogens with zero attached hydrogens (tertiary/aromatic N) is 3. The zero-order valence-electron chi connectivity index (χ0n) is 12.8. The molecule has 0 fully saturated rings. The summed E-state index contributed by atoms with van der Waals surface area (Å²) >= 11 is 0. The summed E-state index contributed by atoms with van der Waals surface area (Å²) in [7, 11) is 0. The summed E-state index contributed by atoms with van der Waals surface area (Å²) in [6, 6.07) is 22.7. The van der Waals surface area contributed by atoms with Crippen molar-refractivity contribution in [2.24, 2.45) is 0 Å². The van der Waals surface area contributed by atoms with Gasteiger partial charge in [0.15, 0.2) is 0 Å². The third-order valence-electron chi connectivity index (χ3n) is 4.34. The van der Waals surface area contributed by atoms with Gasteiger partial charge in [-0.05, 0) is 41.1 Å². The summed E-state index contributed by atoms with van der Waals surface area (Å²) in [4.78, 5) is 13.9. The molecular weight excluding hydrogens is 294 g/mol. The highest BCUT2D eigenvalue weighted by Crippen LogP contribution is 2.26. The SMILES string of the molecule is c1ccc2cc(-c3cnc4ccc5ncccc5c4n3)ccc2c1. The largest absolute Gasteiger partial charge is 0.256 e. The molecule has 0 N–H and O–H groups in total. The van der Waals surface area contributed by atoms with Crippen LogP contribution >= 0.6 is 0 Å². The van der Waals surface area contributed by atoms with Crippen molar-refractivity contribution in [1.29, 1.82) is 0 Å². The molecule has 3 nitrogen and oxygen atoms in total. The summed E-state index contributed by atoms with van der Waals surface area (Å²) < 4.78 is 0. The van der Waals surface area contributed by atoms with E-state index in [9.17, 15) is 0 Å². The Morgan fingerprint density at radius 3 is 2.50 bits per heavy atom. The lowest BCUT2D eigenvalue weighted by molar-refractivity contribution is 1.30. The lowest BCUT2D eigenvalue weighted by Crippen LogP contribution is -1.91. The first-order valence-corrected chi connectivity index (χ1v) is 7.88. The number of benzene rings is 3. The van der Waals surface area contributed by atoms with E-state index in [4.69, 9.17) is 4.98 Å². The summed E-state index contributed by atoms with van der Waals surface area (Å²) in [5, 5.41) is 3.46. The maximum absolute atomic E-state index is 4.88. The number of fused-ring (bicyclic) bond motifs is 4. The molecule has 0 spiro atoms. The highest BCUT2D eigenvalue weighted by atomic mass is 14.8. The summed E-state index contributed by atoms with van der Waals surface area (Å²) in [6.45, 7) is 0. The predicted molar refractivity (Wildman–Crippen MR) is 97.8 cm³/mol. The highest BCUT2D eigenvalue weighted by Gasteiger charge is 2.07. The van der Waals surface area contributed by atoms with Crippen LogP contribution in [0.15, 0.2) is 79.1 Å². The Kier molecular flexibility index (Phi) is 2.79. The molecule has 0 aliphatic rings. The van der Waals surface area contributed by atoms with Crippen LogP contribution in [0.5, 0.6) is 0 Å². The van der Waals surface area contributed by atoms with Gasteiger partial charge in [-0.15, -0.1) is 0 Å². The molecule has 5 aromatic rings. The monoisotopic (exact) mass is 307 g/mol. The van der Waals surface area contributed by atoms with E-state index >= 15 is 0 Å². The van der Waals surface area contributed by atoms with Crippen LogP contribution in [0.1, 0.15) is 0 Å². The van der Waals surface area contributed by atoms with Crippen molar-refractivity contribution in [2.75, 3.05) is 0 Å². The minimum absolute atomic E-state index is 0.879. The molecule has 0 saturated heterocycles. The van der Waals surface area contributed by atoms with Crippen LogP contribution in [0.3, 0.4) is 0 Å². The van der Waals surface area contributed by atoms with Gasteiger partial charge in [0.25, 0.3) is 0 Å². The number of hydrogen-bond acceptors (Lipinski definition) is 3. The Hall–Kier alpha value is -3.33. The van der Waals surface area contributed by atoms with Gasteiger partial charge in [0.05, 0.1) is 28.4 Å². The molecule has 0 bridgehead atoms. The smallest absolute Gasteiger partial charge is 0.0988 e. The van der Waals surface area contributed by atoms with E-state index in [-0.39, 0.29) is 0 Å². The van der Waals surface area contributed by atoms with Crippen LogP contribution in [0.4, 0.5) is 0 Å². The average Bonchev–Trinajstić information content (AvgIpc) is 2.67. The first kappa shape index (κ1) is 13.1. The summed E-state index contributed by atoms with van der Waals surface area (Å²) in [5.74, 6) is 0. The van der Waals surface area contributed by atoms with Crippen LogP contribution < -0.4 is 0 Å².